The van der Waals surface area contributed by atoms with Gasteiger partial charge in [-0.1, -0.05) is 30.3 Å². The van der Waals surface area contributed by atoms with Gasteiger partial charge in [-0.2, -0.15) is 4.31 Å². The van der Waals surface area contributed by atoms with E-state index in [0.717, 1.165) is 12.1 Å². The number of sulfonamides is 1. The number of primary amides is 1. The number of hydrogen-bond donors (Lipinski definition) is 1. The Morgan fingerprint density at radius 3 is 2.42 bits per heavy atom. The van der Waals surface area contributed by atoms with Gasteiger partial charge < -0.3 is 10.5 Å². The van der Waals surface area contributed by atoms with Crippen molar-refractivity contribution in [3.05, 3.63) is 70.8 Å². The molecular formula is C24H28F2N2O4S. The second-order valence-electron chi connectivity index (χ2n) is 8.90. The highest BCUT2D eigenvalue weighted by Crippen LogP contribution is 2.40. The van der Waals surface area contributed by atoms with Crippen molar-refractivity contribution in [2.24, 2.45) is 5.73 Å². The quantitative estimate of drug-likeness (QED) is 0.712. The van der Waals surface area contributed by atoms with Crippen LogP contribution in [0.3, 0.4) is 0 Å². The maximum atomic E-state index is 15.2. The second-order valence-corrected chi connectivity index (χ2v) is 11.0. The van der Waals surface area contributed by atoms with E-state index in [4.69, 9.17) is 10.5 Å². The van der Waals surface area contributed by atoms with Crippen molar-refractivity contribution in [2.75, 3.05) is 13.2 Å². The zero-order valence-electron chi connectivity index (χ0n) is 18.5. The molecule has 2 aromatic carbocycles. The van der Waals surface area contributed by atoms with Gasteiger partial charge in [0.15, 0.2) is 0 Å². The fraction of sp³-hybridized carbons (Fsp3) is 0.458. The highest BCUT2D eigenvalue weighted by atomic mass is 32.2. The van der Waals surface area contributed by atoms with E-state index < -0.39 is 38.2 Å². The van der Waals surface area contributed by atoms with Gasteiger partial charge in [0.1, 0.15) is 16.9 Å². The molecule has 33 heavy (non-hydrogen) atoms. The van der Waals surface area contributed by atoms with Crippen LogP contribution in [0.2, 0.25) is 0 Å². The Bertz CT molecular complexity index is 1130. The highest BCUT2D eigenvalue weighted by molar-refractivity contribution is 7.89. The average molecular weight is 479 g/mol. The molecule has 2 atom stereocenters. The number of carbonyl (C=O) groups is 1. The van der Waals surface area contributed by atoms with E-state index in [1.165, 1.54) is 4.31 Å². The molecule has 2 aliphatic rings. The first-order chi connectivity index (χ1) is 15.7. The van der Waals surface area contributed by atoms with Gasteiger partial charge in [-0.3, -0.25) is 4.79 Å². The summed E-state index contributed by atoms with van der Waals surface area (Å²) in [5.74, 6) is -2.26. The van der Waals surface area contributed by atoms with Gasteiger partial charge in [0, 0.05) is 36.9 Å². The van der Waals surface area contributed by atoms with Crippen molar-refractivity contribution < 1.29 is 26.7 Å². The number of halogens is 2. The van der Waals surface area contributed by atoms with Gasteiger partial charge in [-0.15, -0.1) is 0 Å². The van der Waals surface area contributed by atoms with Crippen LogP contribution in [0.15, 0.2) is 42.5 Å². The third-order valence-corrected chi connectivity index (χ3v) is 9.36. The van der Waals surface area contributed by atoms with E-state index in [1.807, 2.05) is 6.07 Å². The van der Waals surface area contributed by atoms with Crippen molar-refractivity contribution in [2.45, 2.75) is 55.9 Å². The molecule has 178 valence electrons. The molecule has 4 rings (SSSR count). The molecule has 2 fully saturated rings. The van der Waals surface area contributed by atoms with Crippen molar-refractivity contribution in [3.8, 4) is 0 Å². The first kappa shape index (κ1) is 23.8. The maximum absolute atomic E-state index is 15.2. The minimum atomic E-state index is -3.80. The smallest absolute Gasteiger partial charge is 0.228 e. The van der Waals surface area contributed by atoms with Gasteiger partial charge in [-0.05, 0) is 50.3 Å². The number of ether oxygens (including phenoxy) is 1. The van der Waals surface area contributed by atoms with Crippen LogP contribution in [0, 0.1) is 11.6 Å². The molecule has 0 bridgehead atoms. The molecule has 0 aliphatic carbocycles. The minimum Gasteiger partial charge on any atom is -0.381 e. The van der Waals surface area contributed by atoms with Crippen LogP contribution in [-0.4, -0.2) is 37.9 Å². The summed E-state index contributed by atoms with van der Waals surface area (Å²) in [5, 5.41) is -0.734. The molecule has 9 heteroatoms. The summed E-state index contributed by atoms with van der Waals surface area (Å²) in [4.78, 5) is 12.2. The Labute approximate surface area is 192 Å². The minimum absolute atomic E-state index is 0.0768. The molecule has 2 heterocycles. The van der Waals surface area contributed by atoms with Gasteiger partial charge in [0.2, 0.25) is 15.9 Å². The van der Waals surface area contributed by atoms with Gasteiger partial charge in [0.25, 0.3) is 0 Å². The van der Waals surface area contributed by atoms with Crippen molar-refractivity contribution in [3.63, 3.8) is 0 Å². The van der Waals surface area contributed by atoms with E-state index in [9.17, 15) is 13.2 Å². The monoisotopic (exact) mass is 478 g/mol. The van der Waals surface area contributed by atoms with Crippen LogP contribution in [0.5, 0.6) is 0 Å². The molecule has 0 spiro atoms. The summed E-state index contributed by atoms with van der Waals surface area (Å²) in [6, 6.07) is 10.6. The van der Waals surface area contributed by atoms with Crippen LogP contribution in [-0.2, 0) is 31.5 Å². The molecule has 2 saturated heterocycles. The highest BCUT2D eigenvalue weighted by Gasteiger charge is 2.44. The Morgan fingerprint density at radius 2 is 1.79 bits per heavy atom. The van der Waals surface area contributed by atoms with Crippen molar-refractivity contribution in [1.82, 2.24) is 4.31 Å². The van der Waals surface area contributed by atoms with Gasteiger partial charge in [-0.25, -0.2) is 17.2 Å². The Kier molecular flexibility index (Phi) is 6.57. The zero-order chi connectivity index (χ0) is 23.8. The SMILES string of the molecule is C[C@H]1CC[C@H](c2ccccc2)S(=O)(=O)N1Cc1cc(F)c(C2(C(N)=O)CCOCC2)cc1F. The van der Waals surface area contributed by atoms with Crippen molar-refractivity contribution >= 4 is 15.9 Å². The maximum Gasteiger partial charge on any atom is 0.228 e. The Morgan fingerprint density at radius 1 is 1.12 bits per heavy atom. The molecule has 2 N–H and O–H groups in total. The molecule has 0 unspecified atom stereocenters. The molecule has 2 aromatic rings. The average Bonchev–Trinajstić information content (AvgIpc) is 2.79. The third-order valence-electron chi connectivity index (χ3n) is 6.99. The predicted octanol–water partition coefficient (Wildman–Crippen LogP) is 3.55. The summed E-state index contributed by atoms with van der Waals surface area (Å²) in [6.07, 6.45) is 1.39. The molecule has 1 amide bonds. The third kappa shape index (κ3) is 4.29. The number of rotatable bonds is 5. The zero-order valence-corrected chi connectivity index (χ0v) is 19.3. The summed E-state index contributed by atoms with van der Waals surface area (Å²) < 4.78 is 63.8. The lowest BCUT2D eigenvalue weighted by atomic mass is 9.73. The number of nitrogens with zero attached hydrogens (tertiary/aromatic N) is 1. The van der Waals surface area contributed by atoms with Crippen LogP contribution < -0.4 is 5.73 Å². The molecule has 6 nitrogen and oxygen atoms in total. The Hall–Kier alpha value is -2.36. The molecular weight excluding hydrogens is 450 g/mol. The number of amides is 1. The largest absolute Gasteiger partial charge is 0.381 e. The van der Waals surface area contributed by atoms with Crippen LogP contribution >= 0.6 is 0 Å². The topological polar surface area (TPSA) is 89.7 Å². The summed E-state index contributed by atoms with van der Waals surface area (Å²) in [7, 11) is -3.80. The molecule has 0 saturated carbocycles. The van der Waals surface area contributed by atoms with E-state index in [0.29, 0.717) is 18.4 Å². The van der Waals surface area contributed by atoms with Crippen molar-refractivity contribution in [1.29, 1.82) is 0 Å². The summed E-state index contributed by atoms with van der Waals surface area (Å²) in [5.41, 5.74) is 4.75. The van der Waals surface area contributed by atoms with Gasteiger partial charge >= 0.3 is 0 Å². The lowest BCUT2D eigenvalue weighted by Gasteiger charge is -2.38. The predicted molar refractivity (Wildman–Crippen MR) is 120 cm³/mol. The van der Waals surface area contributed by atoms with E-state index in [1.54, 1.807) is 31.2 Å². The standard InChI is InChI=1S/C24H28F2N2O4S/c1-16-7-8-22(17-5-3-2-4-6-17)33(30,31)28(16)15-18-13-21(26)19(14-20(18)25)24(23(27)29)9-11-32-12-10-24/h2-6,13-14,16,22H,7-12,15H2,1H3,(H2,27,29)/t16-,22+/m0/s1. The number of carbonyl (C=O) groups excluding carboxylic acids is 1. The fourth-order valence-electron chi connectivity index (χ4n) is 4.96. The normalized spacial score (nSPS) is 24.9. The fourth-order valence-corrected chi connectivity index (χ4v) is 7.15. The Balaban J connectivity index is 1.67. The summed E-state index contributed by atoms with van der Waals surface area (Å²) >= 11 is 0. The van der Waals surface area contributed by atoms with Crippen LogP contribution in [0.25, 0.3) is 0 Å². The van der Waals surface area contributed by atoms with Crippen LogP contribution in [0.1, 0.15) is 54.5 Å². The molecule has 2 aliphatic heterocycles. The first-order valence-electron chi connectivity index (χ1n) is 11.1. The number of hydrogen-bond acceptors (Lipinski definition) is 4. The molecule has 0 radical (unpaired) electrons. The summed E-state index contributed by atoms with van der Waals surface area (Å²) in [6.45, 7) is 1.92. The molecule has 0 aromatic heterocycles. The van der Waals surface area contributed by atoms with E-state index in [2.05, 4.69) is 0 Å². The first-order valence-corrected chi connectivity index (χ1v) is 12.6. The van der Waals surface area contributed by atoms with Crippen LogP contribution in [0.4, 0.5) is 8.78 Å². The lowest BCUT2D eigenvalue weighted by Crippen LogP contribution is -2.46. The van der Waals surface area contributed by atoms with E-state index in [-0.39, 0.29) is 49.8 Å². The van der Waals surface area contributed by atoms with E-state index >= 15 is 8.78 Å². The number of nitrogens with two attached hydrogens (primary N) is 1. The lowest BCUT2D eigenvalue weighted by molar-refractivity contribution is -0.127. The van der Waals surface area contributed by atoms with Gasteiger partial charge in [0.05, 0.1) is 5.41 Å². The second kappa shape index (κ2) is 9.12. The number of benzene rings is 2.